The van der Waals surface area contributed by atoms with Crippen molar-refractivity contribution in [2.45, 2.75) is 31.6 Å². The van der Waals surface area contributed by atoms with Crippen LogP contribution in [0.5, 0.6) is 5.75 Å². The van der Waals surface area contributed by atoms with Crippen LogP contribution >= 0.6 is 0 Å². The van der Waals surface area contributed by atoms with Gasteiger partial charge < -0.3 is 14.2 Å². The van der Waals surface area contributed by atoms with Gasteiger partial charge in [-0.2, -0.15) is 0 Å². The summed E-state index contributed by atoms with van der Waals surface area (Å²) < 4.78 is 30.9. The zero-order valence-corrected chi connectivity index (χ0v) is 12.6. The van der Waals surface area contributed by atoms with Crippen LogP contribution in [0.25, 0.3) is 0 Å². The number of rotatable bonds is 3. The van der Waals surface area contributed by atoms with Gasteiger partial charge in [0.05, 0.1) is 19.8 Å². The molecule has 2 aliphatic heterocycles. The highest BCUT2D eigenvalue weighted by Gasteiger charge is 2.42. The van der Waals surface area contributed by atoms with E-state index in [2.05, 4.69) is 11.8 Å². The minimum atomic E-state index is -0.268. The number of benzene rings is 1. The third-order valence-electron chi connectivity index (χ3n) is 4.20. The molecule has 1 spiro atoms. The number of nitrogens with zero attached hydrogens (tertiary/aromatic N) is 1. The predicted molar refractivity (Wildman–Crippen MR) is 76.9 cm³/mol. The molecule has 0 N–H and O–H groups in total. The van der Waals surface area contributed by atoms with E-state index in [1.54, 1.807) is 6.07 Å². The van der Waals surface area contributed by atoms with Crippen LogP contribution in [-0.4, -0.2) is 50.0 Å². The molecule has 4 nitrogen and oxygen atoms in total. The van der Waals surface area contributed by atoms with Crippen molar-refractivity contribution < 1.29 is 18.6 Å². The molecule has 2 atom stereocenters. The second-order valence-corrected chi connectivity index (χ2v) is 6.02. The highest BCUT2D eigenvalue weighted by molar-refractivity contribution is 5.31. The number of ether oxygens (including phenoxy) is 3. The summed E-state index contributed by atoms with van der Waals surface area (Å²) >= 11 is 0. The van der Waals surface area contributed by atoms with Gasteiger partial charge in [-0.15, -0.1) is 0 Å². The summed E-state index contributed by atoms with van der Waals surface area (Å²) in [6, 6.07) is 5.29. The molecule has 0 bridgehead atoms. The van der Waals surface area contributed by atoms with Crippen LogP contribution in [0.15, 0.2) is 18.2 Å². The highest BCUT2D eigenvalue weighted by Crippen LogP contribution is 2.31. The van der Waals surface area contributed by atoms with Gasteiger partial charge in [0.15, 0.2) is 11.6 Å². The standard InChI is InChI=1S/C16H22FNO3/c1-12-8-18(10-16(21-12)6-7-20-11-16)9-13-4-3-5-14(19-2)15(13)17/h3-5,12H,6-11H2,1-2H3/t12-,16-/m1/s1. The average molecular weight is 295 g/mol. The molecule has 2 saturated heterocycles. The first kappa shape index (κ1) is 14.8. The van der Waals surface area contributed by atoms with Crippen LogP contribution in [0, 0.1) is 5.82 Å². The van der Waals surface area contributed by atoms with Gasteiger partial charge >= 0.3 is 0 Å². The minimum absolute atomic E-state index is 0.133. The lowest BCUT2D eigenvalue weighted by Crippen LogP contribution is -2.55. The van der Waals surface area contributed by atoms with Crippen molar-refractivity contribution in [2.24, 2.45) is 0 Å². The van der Waals surface area contributed by atoms with Gasteiger partial charge in [0, 0.05) is 38.2 Å². The fourth-order valence-electron chi connectivity index (χ4n) is 3.34. The van der Waals surface area contributed by atoms with Gasteiger partial charge in [-0.25, -0.2) is 4.39 Å². The van der Waals surface area contributed by atoms with Crippen molar-refractivity contribution >= 4 is 0 Å². The van der Waals surface area contributed by atoms with E-state index in [-0.39, 0.29) is 17.5 Å². The summed E-state index contributed by atoms with van der Waals surface area (Å²) in [6.45, 7) is 5.60. The molecule has 116 valence electrons. The fraction of sp³-hybridized carbons (Fsp3) is 0.625. The third-order valence-corrected chi connectivity index (χ3v) is 4.20. The molecule has 21 heavy (non-hydrogen) atoms. The molecule has 2 aliphatic rings. The summed E-state index contributed by atoms with van der Waals surface area (Å²) in [5.41, 5.74) is 0.449. The van der Waals surface area contributed by atoms with Crippen molar-refractivity contribution in [2.75, 3.05) is 33.4 Å². The van der Waals surface area contributed by atoms with Gasteiger partial charge in [-0.05, 0) is 13.0 Å². The normalized spacial score (nSPS) is 30.0. The van der Waals surface area contributed by atoms with Crippen LogP contribution < -0.4 is 4.74 Å². The Hall–Kier alpha value is -1.17. The number of morpholine rings is 1. The van der Waals surface area contributed by atoms with Gasteiger partial charge in [0.2, 0.25) is 0 Å². The molecule has 0 aliphatic carbocycles. The lowest BCUT2D eigenvalue weighted by molar-refractivity contribution is -0.149. The number of hydrogen-bond donors (Lipinski definition) is 0. The lowest BCUT2D eigenvalue weighted by atomic mass is 9.99. The summed E-state index contributed by atoms with van der Waals surface area (Å²) in [4.78, 5) is 2.25. The van der Waals surface area contributed by atoms with E-state index in [0.29, 0.717) is 24.5 Å². The zero-order chi connectivity index (χ0) is 14.9. The summed E-state index contributed by atoms with van der Waals surface area (Å²) in [6.07, 6.45) is 1.04. The van der Waals surface area contributed by atoms with Crippen molar-refractivity contribution in [3.05, 3.63) is 29.6 Å². The van der Waals surface area contributed by atoms with E-state index in [4.69, 9.17) is 14.2 Å². The smallest absolute Gasteiger partial charge is 0.169 e. The van der Waals surface area contributed by atoms with Crippen LogP contribution in [0.2, 0.25) is 0 Å². The second-order valence-electron chi connectivity index (χ2n) is 6.02. The molecule has 0 amide bonds. The minimum Gasteiger partial charge on any atom is -0.494 e. The molecule has 3 rings (SSSR count). The monoisotopic (exact) mass is 295 g/mol. The number of halogens is 1. The Bertz CT molecular complexity index is 502. The Kier molecular flexibility index (Phi) is 4.15. The third kappa shape index (κ3) is 3.05. The van der Waals surface area contributed by atoms with Crippen molar-refractivity contribution in [3.8, 4) is 5.75 Å². The van der Waals surface area contributed by atoms with Crippen LogP contribution in [0.3, 0.4) is 0 Å². The Balaban J connectivity index is 1.75. The highest BCUT2D eigenvalue weighted by atomic mass is 19.1. The molecule has 0 radical (unpaired) electrons. The van der Waals surface area contributed by atoms with E-state index >= 15 is 0 Å². The Morgan fingerprint density at radius 1 is 1.48 bits per heavy atom. The first-order valence-corrected chi connectivity index (χ1v) is 7.41. The van der Waals surface area contributed by atoms with Gasteiger partial charge in [-0.3, -0.25) is 4.90 Å². The molecule has 0 unspecified atom stereocenters. The van der Waals surface area contributed by atoms with Gasteiger partial charge in [0.1, 0.15) is 5.60 Å². The second kappa shape index (κ2) is 5.91. The quantitative estimate of drug-likeness (QED) is 0.855. The van der Waals surface area contributed by atoms with Crippen molar-refractivity contribution in [3.63, 3.8) is 0 Å². The van der Waals surface area contributed by atoms with E-state index in [0.717, 1.165) is 26.1 Å². The Morgan fingerprint density at radius 2 is 2.33 bits per heavy atom. The molecule has 0 saturated carbocycles. The van der Waals surface area contributed by atoms with E-state index in [1.165, 1.54) is 7.11 Å². The lowest BCUT2D eigenvalue weighted by Gasteiger charge is -2.43. The summed E-state index contributed by atoms with van der Waals surface area (Å²) in [5.74, 6) is 0.0311. The molecular formula is C16H22FNO3. The van der Waals surface area contributed by atoms with Crippen molar-refractivity contribution in [1.29, 1.82) is 0 Å². The van der Waals surface area contributed by atoms with E-state index in [9.17, 15) is 4.39 Å². The maximum atomic E-state index is 14.3. The molecular weight excluding hydrogens is 273 g/mol. The molecule has 2 fully saturated rings. The number of methoxy groups -OCH3 is 1. The maximum Gasteiger partial charge on any atom is 0.169 e. The van der Waals surface area contributed by atoms with E-state index in [1.807, 2.05) is 12.1 Å². The average Bonchev–Trinajstić information content (AvgIpc) is 2.88. The van der Waals surface area contributed by atoms with Crippen molar-refractivity contribution in [1.82, 2.24) is 4.90 Å². The molecule has 5 heteroatoms. The molecule has 0 aromatic heterocycles. The predicted octanol–water partition coefficient (Wildman–Crippen LogP) is 2.21. The molecule has 1 aromatic carbocycles. The van der Waals surface area contributed by atoms with Gasteiger partial charge in [0.25, 0.3) is 0 Å². The fourth-order valence-corrected chi connectivity index (χ4v) is 3.34. The molecule has 1 aromatic rings. The first-order chi connectivity index (χ1) is 10.1. The SMILES string of the molecule is COc1cccc(CN2C[C@@H](C)O[C@]3(CCOC3)C2)c1F. The largest absolute Gasteiger partial charge is 0.494 e. The molecule has 2 heterocycles. The van der Waals surface area contributed by atoms with Crippen LogP contribution in [0.1, 0.15) is 18.9 Å². The first-order valence-electron chi connectivity index (χ1n) is 7.41. The summed E-state index contributed by atoms with van der Waals surface area (Å²) in [7, 11) is 1.49. The number of hydrogen-bond acceptors (Lipinski definition) is 4. The zero-order valence-electron chi connectivity index (χ0n) is 12.6. The van der Waals surface area contributed by atoms with Crippen LogP contribution in [0.4, 0.5) is 4.39 Å². The van der Waals surface area contributed by atoms with Gasteiger partial charge in [-0.1, -0.05) is 12.1 Å². The van der Waals surface area contributed by atoms with Crippen LogP contribution in [-0.2, 0) is 16.0 Å². The maximum absolute atomic E-state index is 14.3. The summed E-state index contributed by atoms with van der Waals surface area (Å²) in [5, 5.41) is 0. The Labute approximate surface area is 124 Å². The van der Waals surface area contributed by atoms with E-state index < -0.39 is 0 Å². The Morgan fingerprint density at radius 3 is 3.05 bits per heavy atom. The topological polar surface area (TPSA) is 30.9 Å².